The van der Waals surface area contributed by atoms with E-state index in [2.05, 4.69) is 5.16 Å². The van der Waals surface area contributed by atoms with Gasteiger partial charge in [0.15, 0.2) is 5.76 Å². The highest BCUT2D eigenvalue weighted by Gasteiger charge is 2.39. The molecule has 1 atom stereocenters. The van der Waals surface area contributed by atoms with Crippen molar-refractivity contribution in [2.75, 3.05) is 6.54 Å². The molecule has 0 aliphatic carbocycles. The van der Waals surface area contributed by atoms with Gasteiger partial charge in [-0.1, -0.05) is 29.4 Å². The van der Waals surface area contributed by atoms with Gasteiger partial charge in [-0.2, -0.15) is 4.31 Å². The predicted molar refractivity (Wildman–Crippen MR) is 83.0 cm³/mol. The highest BCUT2D eigenvalue weighted by molar-refractivity contribution is 7.89. The molecule has 0 radical (unpaired) electrons. The maximum absolute atomic E-state index is 13.1. The summed E-state index contributed by atoms with van der Waals surface area (Å²) in [5, 5.41) is 3.79. The molecule has 1 aromatic carbocycles. The lowest BCUT2D eigenvalue weighted by Gasteiger charge is -2.25. The maximum Gasteiger partial charge on any atom is 0.249 e. The Morgan fingerprint density at radius 2 is 1.95 bits per heavy atom. The van der Waals surface area contributed by atoms with E-state index >= 15 is 0 Å². The average Bonchev–Trinajstić information content (AvgIpc) is 3.07. The van der Waals surface area contributed by atoms with Gasteiger partial charge in [-0.3, -0.25) is 0 Å². The molecule has 6 heteroatoms. The van der Waals surface area contributed by atoms with Crippen molar-refractivity contribution in [1.82, 2.24) is 9.46 Å². The van der Waals surface area contributed by atoms with Gasteiger partial charge in [0, 0.05) is 6.54 Å². The molecule has 0 bridgehead atoms. The average molecular weight is 320 g/mol. The topological polar surface area (TPSA) is 63.4 Å². The van der Waals surface area contributed by atoms with E-state index in [-0.39, 0.29) is 10.9 Å². The Bertz CT molecular complexity index is 776. The molecule has 22 heavy (non-hydrogen) atoms. The van der Waals surface area contributed by atoms with Crippen molar-refractivity contribution in [2.24, 2.45) is 0 Å². The van der Waals surface area contributed by atoms with Crippen molar-refractivity contribution in [3.63, 3.8) is 0 Å². The van der Waals surface area contributed by atoms with Gasteiger partial charge >= 0.3 is 0 Å². The summed E-state index contributed by atoms with van der Waals surface area (Å²) in [6.45, 7) is 5.87. The minimum Gasteiger partial charge on any atom is -0.360 e. The van der Waals surface area contributed by atoms with Crippen LogP contribution >= 0.6 is 0 Å². The van der Waals surface area contributed by atoms with Crippen molar-refractivity contribution in [1.29, 1.82) is 0 Å². The minimum absolute atomic E-state index is 0.111. The molecule has 1 aromatic heterocycles. The lowest BCUT2D eigenvalue weighted by atomic mass is 10.0. The fourth-order valence-electron chi connectivity index (χ4n) is 3.26. The first kappa shape index (κ1) is 15.2. The van der Waals surface area contributed by atoms with Crippen molar-refractivity contribution < 1.29 is 12.9 Å². The van der Waals surface area contributed by atoms with E-state index < -0.39 is 10.0 Å². The summed E-state index contributed by atoms with van der Waals surface area (Å²) in [7, 11) is -3.59. The molecular weight excluding hydrogens is 300 g/mol. The van der Waals surface area contributed by atoms with Crippen LogP contribution in [0.2, 0.25) is 0 Å². The molecule has 1 saturated heterocycles. The van der Waals surface area contributed by atoms with Crippen molar-refractivity contribution in [3.8, 4) is 0 Å². The molecule has 3 rings (SSSR count). The van der Waals surface area contributed by atoms with Gasteiger partial charge in [0.25, 0.3) is 0 Å². The smallest absolute Gasteiger partial charge is 0.249 e. The molecule has 0 amide bonds. The SMILES string of the molecule is Cc1ccccc1C1CCCN1S(=O)(=O)c1c(C)noc1C. The summed E-state index contributed by atoms with van der Waals surface area (Å²) >= 11 is 0. The van der Waals surface area contributed by atoms with Gasteiger partial charge in [0.1, 0.15) is 10.6 Å². The Kier molecular flexibility index (Phi) is 3.82. The number of hydrogen-bond acceptors (Lipinski definition) is 4. The second-order valence-electron chi connectivity index (χ2n) is 5.78. The molecule has 2 aromatic rings. The van der Waals surface area contributed by atoms with Crippen LogP contribution in [0.5, 0.6) is 0 Å². The van der Waals surface area contributed by atoms with E-state index in [1.54, 1.807) is 18.2 Å². The second kappa shape index (κ2) is 5.52. The van der Waals surface area contributed by atoms with Gasteiger partial charge in [0.05, 0.1) is 6.04 Å². The zero-order chi connectivity index (χ0) is 15.9. The van der Waals surface area contributed by atoms with Crippen LogP contribution in [0.4, 0.5) is 0 Å². The highest BCUT2D eigenvalue weighted by atomic mass is 32.2. The van der Waals surface area contributed by atoms with E-state index in [1.165, 1.54) is 0 Å². The van der Waals surface area contributed by atoms with Gasteiger partial charge in [-0.15, -0.1) is 0 Å². The van der Waals surface area contributed by atoms with Crippen molar-refractivity contribution in [2.45, 2.75) is 44.6 Å². The number of aryl methyl sites for hydroxylation is 3. The fraction of sp³-hybridized carbons (Fsp3) is 0.438. The quantitative estimate of drug-likeness (QED) is 0.871. The Morgan fingerprint density at radius 3 is 2.59 bits per heavy atom. The number of benzene rings is 1. The van der Waals surface area contributed by atoms with Crippen LogP contribution in [0.15, 0.2) is 33.7 Å². The van der Waals surface area contributed by atoms with E-state index in [0.717, 1.165) is 24.0 Å². The van der Waals surface area contributed by atoms with Crippen LogP contribution in [0, 0.1) is 20.8 Å². The minimum atomic E-state index is -3.59. The molecule has 5 nitrogen and oxygen atoms in total. The zero-order valence-corrected chi connectivity index (χ0v) is 13.9. The summed E-state index contributed by atoms with van der Waals surface area (Å²) < 4.78 is 32.8. The molecule has 1 aliphatic heterocycles. The standard InChI is InChI=1S/C16H20N2O3S/c1-11-7-4-5-8-14(11)15-9-6-10-18(15)22(19,20)16-12(2)17-21-13(16)3/h4-5,7-8,15H,6,9-10H2,1-3H3. The third-order valence-corrected chi connectivity index (χ3v) is 6.44. The lowest BCUT2D eigenvalue weighted by molar-refractivity contribution is 0.383. The van der Waals surface area contributed by atoms with E-state index in [4.69, 9.17) is 4.52 Å². The van der Waals surface area contributed by atoms with Crippen molar-refractivity contribution >= 4 is 10.0 Å². The van der Waals surface area contributed by atoms with Crippen molar-refractivity contribution in [3.05, 3.63) is 46.8 Å². The predicted octanol–water partition coefficient (Wildman–Crippen LogP) is 3.13. The third kappa shape index (κ3) is 2.36. The summed E-state index contributed by atoms with van der Waals surface area (Å²) in [4.78, 5) is 0.216. The number of sulfonamides is 1. The number of hydrogen-bond donors (Lipinski definition) is 0. The Labute approximate surface area is 131 Å². The molecule has 0 saturated carbocycles. The molecule has 118 valence electrons. The number of aromatic nitrogens is 1. The zero-order valence-electron chi connectivity index (χ0n) is 13.0. The van der Waals surface area contributed by atoms with Gasteiger partial charge in [0.2, 0.25) is 10.0 Å². The summed E-state index contributed by atoms with van der Waals surface area (Å²) in [5.74, 6) is 0.355. The molecule has 1 unspecified atom stereocenters. The fourth-order valence-corrected chi connectivity index (χ4v) is 5.23. The summed E-state index contributed by atoms with van der Waals surface area (Å²) in [6, 6.07) is 7.86. The van der Waals surface area contributed by atoms with E-state index in [1.807, 2.05) is 31.2 Å². The normalized spacial score (nSPS) is 19.7. The van der Waals surface area contributed by atoms with E-state index in [9.17, 15) is 8.42 Å². The Morgan fingerprint density at radius 1 is 1.23 bits per heavy atom. The molecule has 1 fully saturated rings. The lowest BCUT2D eigenvalue weighted by Crippen LogP contribution is -2.31. The largest absolute Gasteiger partial charge is 0.360 e. The van der Waals surface area contributed by atoms with Crippen LogP contribution < -0.4 is 0 Å². The van der Waals surface area contributed by atoms with Crippen LogP contribution in [0.3, 0.4) is 0 Å². The maximum atomic E-state index is 13.1. The first-order chi connectivity index (χ1) is 10.4. The molecular formula is C16H20N2O3S. The van der Waals surface area contributed by atoms with Gasteiger partial charge in [-0.25, -0.2) is 8.42 Å². The second-order valence-corrected chi connectivity index (χ2v) is 7.61. The third-order valence-electron chi connectivity index (χ3n) is 4.29. The molecule has 0 N–H and O–H groups in total. The Balaban J connectivity index is 2.06. The monoisotopic (exact) mass is 320 g/mol. The summed E-state index contributed by atoms with van der Waals surface area (Å²) in [5.41, 5.74) is 2.62. The Hall–Kier alpha value is -1.66. The number of rotatable bonds is 3. The molecule has 0 spiro atoms. The van der Waals surface area contributed by atoms with Crippen LogP contribution in [0.1, 0.15) is 41.5 Å². The van der Waals surface area contributed by atoms with Crippen LogP contribution in [-0.2, 0) is 10.0 Å². The highest BCUT2D eigenvalue weighted by Crippen LogP contribution is 2.38. The first-order valence-corrected chi connectivity index (χ1v) is 8.87. The first-order valence-electron chi connectivity index (χ1n) is 7.43. The van der Waals surface area contributed by atoms with Gasteiger partial charge in [-0.05, 0) is 44.7 Å². The van der Waals surface area contributed by atoms with Gasteiger partial charge < -0.3 is 4.52 Å². The number of nitrogens with zero attached hydrogens (tertiary/aromatic N) is 2. The van der Waals surface area contributed by atoms with Crippen LogP contribution in [0.25, 0.3) is 0 Å². The molecule has 2 heterocycles. The van der Waals surface area contributed by atoms with E-state index in [0.29, 0.717) is 18.0 Å². The molecule has 1 aliphatic rings. The summed E-state index contributed by atoms with van der Waals surface area (Å²) in [6.07, 6.45) is 1.70. The van der Waals surface area contributed by atoms with Crippen LogP contribution in [-0.4, -0.2) is 24.4 Å².